The van der Waals surface area contributed by atoms with Gasteiger partial charge in [0.2, 0.25) is 0 Å². The fourth-order valence-corrected chi connectivity index (χ4v) is 2.26. The van der Waals surface area contributed by atoms with Gasteiger partial charge >= 0.3 is 0 Å². The van der Waals surface area contributed by atoms with E-state index in [2.05, 4.69) is 21.2 Å². The van der Waals surface area contributed by atoms with Crippen LogP contribution in [0.5, 0.6) is 5.75 Å². The molecule has 4 nitrogen and oxygen atoms in total. The van der Waals surface area contributed by atoms with Crippen molar-refractivity contribution in [2.75, 3.05) is 20.6 Å². The Balaban J connectivity index is 2.36. The van der Waals surface area contributed by atoms with Crippen LogP contribution in [0.2, 0.25) is 0 Å². The Labute approximate surface area is 114 Å². The number of aromatic nitrogens is 2. The fourth-order valence-electron chi connectivity index (χ4n) is 2.26. The number of phenols is 1. The van der Waals surface area contributed by atoms with Gasteiger partial charge in [-0.2, -0.15) is 5.10 Å². The molecule has 0 atom stereocenters. The molecule has 0 saturated heterocycles. The summed E-state index contributed by atoms with van der Waals surface area (Å²) in [6.07, 6.45) is 0.836. The first-order valence-electron chi connectivity index (χ1n) is 6.47. The van der Waals surface area contributed by atoms with Gasteiger partial charge in [-0.3, -0.25) is 5.10 Å². The number of nitrogens with zero attached hydrogens (tertiary/aromatic N) is 2. The quantitative estimate of drug-likeness (QED) is 0.887. The van der Waals surface area contributed by atoms with Crippen LogP contribution in [0.3, 0.4) is 0 Å². The zero-order chi connectivity index (χ0) is 14.0. The summed E-state index contributed by atoms with van der Waals surface area (Å²) in [4.78, 5) is 2.11. The molecule has 1 aromatic heterocycles. The molecule has 0 aliphatic carbocycles. The summed E-state index contributed by atoms with van der Waals surface area (Å²) in [5.74, 6) is 0.365. The smallest absolute Gasteiger partial charge is 0.118 e. The molecule has 0 spiro atoms. The van der Waals surface area contributed by atoms with E-state index in [-0.39, 0.29) is 0 Å². The highest BCUT2D eigenvalue weighted by atomic mass is 16.3. The summed E-state index contributed by atoms with van der Waals surface area (Å²) in [7, 11) is 4.07. The summed E-state index contributed by atoms with van der Waals surface area (Å²) in [5.41, 5.74) is 5.26. The van der Waals surface area contributed by atoms with Gasteiger partial charge in [-0.05, 0) is 57.6 Å². The lowest BCUT2D eigenvalue weighted by molar-refractivity contribution is 0.406. The Morgan fingerprint density at radius 1 is 1.26 bits per heavy atom. The molecule has 4 heteroatoms. The minimum atomic E-state index is 0.365. The molecule has 2 aromatic rings. The third-order valence-electron chi connectivity index (χ3n) is 3.32. The van der Waals surface area contributed by atoms with Crippen molar-refractivity contribution in [3.8, 4) is 16.9 Å². The number of H-pyrrole nitrogens is 1. The van der Waals surface area contributed by atoms with Gasteiger partial charge in [-0.25, -0.2) is 0 Å². The maximum absolute atomic E-state index is 9.94. The number of aryl methyl sites for hydroxylation is 2. The monoisotopic (exact) mass is 259 g/mol. The summed E-state index contributed by atoms with van der Waals surface area (Å²) in [5, 5.41) is 17.2. The summed E-state index contributed by atoms with van der Waals surface area (Å²) in [6.45, 7) is 4.92. The van der Waals surface area contributed by atoms with Crippen LogP contribution in [0.25, 0.3) is 11.1 Å². The first-order valence-corrected chi connectivity index (χ1v) is 6.47. The fraction of sp³-hybridized carbons (Fsp3) is 0.400. The predicted molar refractivity (Wildman–Crippen MR) is 77.4 cm³/mol. The number of benzene rings is 1. The van der Waals surface area contributed by atoms with Gasteiger partial charge in [0.05, 0.1) is 5.69 Å². The second-order valence-electron chi connectivity index (χ2n) is 5.21. The summed E-state index contributed by atoms with van der Waals surface area (Å²) < 4.78 is 0. The minimum absolute atomic E-state index is 0.365. The molecule has 2 N–H and O–H groups in total. The van der Waals surface area contributed by atoms with Crippen molar-refractivity contribution < 1.29 is 5.11 Å². The second kappa shape index (κ2) is 5.45. The molecule has 0 aliphatic heterocycles. The van der Waals surface area contributed by atoms with Crippen molar-refractivity contribution in [1.82, 2.24) is 15.1 Å². The lowest BCUT2D eigenvalue weighted by Gasteiger charge is -2.12. The number of hydrogen-bond donors (Lipinski definition) is 2. The Morgan fingerprint density at radius 3 is 2.58 bits per heavy atom. The molecule has 0 bridgehead atoms. The standard InChI is InChI=1S/C15H21N3O/c1-10-15(11(2)17-16-10)13-5-6-14(19)12(9-13)7-8-18(3)4/h5-6,9,19H,7-8H2,1-4H3,(H,16,17). The van der Waals surface area contributed by atoms with Crippen LogP contribution in [0, 0.1) is 13.8 Å². The number of likely N-dealkylation sites (N-methyl/N-ethyl adjacent to an activating group) is 1. The van der Waals surface area contributed by atoms with Gasteiger partial charge in [0.15, 0.2) is 0 Å². The van der Waals surface area contributed by atoms with Crippen LogP contribution in [-0.2, 0) is 6.42 Å². The van der Waals surface area contributed by atoms with Gasteiger partial charge in [0.1, 0.15) is 5.75 Å². The third kappa shape index (κ3) is 2.96. The molecule has 0 unspecified atom stereocenters. The zero-order valence-electron chi connectivity index (χ0n) is 12.0. The number of aromatic hydroxyl groups is 1. The number of nitrogens with one attached hydrogen (secondary N) is 1. The highest BCUT2D eigenvalue weighted by molar-refractivity contribution is 5.69. The number of aromatic amines is 1. The van der Waals surface area contributed by atoms with Crippen molar-refractivity contribution in [2.45, 2.75) is 20.3 Å². The van der Waals surface area contributed by atoms with Crippen LogP contribution >= 0.6 is 0 Å². The van der Waals surface area contributed by atoms with E-state index in [1.807, 2.05) is 34.0 Å². The SMILES string of the molecule is Cc1n[nH]c(C)c1-c1ccc(O)c(CCN(C)C)c1. The van der Waals surface area contributed by atoms with Crippen LogP contribution in [-0.4, -0.2) is 40.8 Å². The van der Waals surface area contributed by atoms with Gasteiger partial charge < -0.3 is 10.0 Å². The van der Waals surface area contributed by atoms with E-state index in [1.165, 1.54) is 0 Å². The highest BCUT2D eigenvalue weighted by Crippen LogP contribution is 2.29. The van der Waals surface area contributed by atoms with E-state index < -0.39 is 0 Å². The van der Waals surface area contributed by atoms with E-state index in [0.29, 0.717) is 5.75 Å². The number of rotatable bonds is 4. The molecular weight excluding hydrogens is 238 g/mol. The average Bonchev–Trinajstić information content (AvgIpc) is 2.68. The molecule has 0 aliphatic rings. The molecule has 1 heterocycles. The topological polar surface area (TPSA) is 52.1 Å². The minimum Gasteiger partial charge on any atom is -0.508 e. The Kier molecular flexibility index (Phi) is 3.90. The van der Waals surface area contributed by atoms with Crippen LogP contribution in [0.15, 0.2) is 18.2 Å². The maximum atomic E-state index is 9.94. The molecule has 19 heavy (non-hydrogen) atoms. The average molecular weight is 259 g/mol. The summed E-state index contributed by atoms with van der Waals surface area (Å²) >= 11 is 0. The maximum Gasteiger partial charge on any atom is 0.118 e. The second-order valence-corrected chi connectivity index (χ2v) is 5.21. The van der Waals surface area contributed by atoms with E-state index in [1.54, 1.807) is 6.07 Å². The Bertz CT molecular complexity index is 553. The van der Waals surface area contributed by atoms with Gasteiger partial charge in [-0.15, -0.1) is 0 Å². The normalized spacial score (nSPS) is 11.2. The molecule has 0 amide bonds. The third-order valence-corrected chi connectivity index (χ3v) is 3.32. The lowest BCUT2D eigenvalue weighted by Crippen LogP contribution is -2.15. The van der Waals surface area contributed by atoms with E-state index in [9.17, 15) is 5.11 Å². The largest absolute Gasteiger partial charge is 0.508 e. The molecule has 102 valence electrons. The van der Waals surface area contributed by atoms with Crippen molar-refractivity contribution >= 4 is 0 Å². The number of phenolic OH excluding ortho intramolecular Hbond substituents is 1. The molecule has 1 aromatic carbocycles. The van der Waals surface area contributed by atoms with E-state index >= 15 is 0 Å². The van der Waals surface area contributed by atoms with Gasteiger partial charge in [0.25, 0.3) is 0 Å². The first-order chi connectivity index (χ1) is 8.99. The first kappa shape index (κ1) is 13.6. The molecule has 0 fully saturated rings. The van der Waals surface area contributed by atoms with Crippen LogP contribution in [0.4, 0.5) is 0 Å². The lowest BCUT2D eigenvalue weighted by atomic mass is 9.99. The zero-order valence-corrected chi connectivity index (χ0v) is 12.0. The van der Waals surface area contributed by atoms with E-state index in [0.717, 1.165) is 41.0 Å². The predicted octanol–water partition coefficient (Wildman–Crippen LogP) is 2.50. The van der Waals surface area contributed by atoms with Gasteiger partial charge in [0, 0.05) is 17.8 Å². The molecular formula is C15H21N3O. The van der Waals surface area contributed by atoms with Gasteiger partial charge in [-0.1, -0.05) is 6.07 Å². The molecule has 0 radical (unpaired) electrons. The van der Waals surface area contributed by atoms with Crippen LogP contribution < -0.4 is 0 Å². The number of hydrogen-bond acceptors (Lipinski definition) is 3. The van der Waals surface area contributed by atoms with Crippen molar-refractivity contribution in [3.63, 3.8) is 0 Å². The molecule has 2 rings (SSSR count). The Hall–Kier alpha value is -1.81. The van der Waals surface area contributed by atoms with E-state index in [4.69, 9.17) is 0 Å². The summed E-state index contributed by atoms with van der Waals surface area (Å²) in [6, 6.07) is 5.77. The van der Waals surface area contributed by atoms with Crippen molar-refractivity contribution in [3.05, 3.63) is 35.2 Å². The van der Waals surface area contributed by atoms with Crippen molar-refractivity contribution in [2.24, 2.45) is 0 Å². The van der Waals surface area contributed by atoms with Crippen molar-refractivity contribution in [1.29, 1.82) is 0 Å². The van der Waals surface area contributed by atoms with Crippen LogP contribution in [0.1, 0.15) is 17.0 Å². The Morgan fingerprint density at radius 2 is 2.00 bits per heavy atom. The highest BCUT2D eigenvalue weighted by Gasteiger charge is 2.11. The molecule has 0 saturated carbocycles.